The lowest BCUT2D eigenvalue weighted by atomic mass is 10.1. The van der Waals surface area contributed by atoms with Gasteiger partial charge in [0, 0.05) is 24.4 Å². The number of thioether (sulfide) groups is 1. The van der Waals surface area contributed by atoms with Crippen LogP contribution in [0.3, 0.4) is 0 Å². The number of rotatable bonds is 5. The first-order valence-electron chi connectivity index (χ1n) is 11.1. The summed E-state index contributed by atoms with van der Waals surface area (Å²) in [5.41, 5.74) is 1.34. The molecule has 1 saturated heterocycles. The van der Waals surface area contributed by atoms with Crippen molar-refractivity contribution in [1.29, 1.82) is 0 Å². The Morgan fingerprint density at radius 3 is 2.49 bits per heavy atom. The molecule has 0 saturated carbocycles. The van der Waals surface area contributed by atoms with Gasteiger partial charge >= 0.3 is 0 Å². The number of halogens is 2. The summed E-state index contributed by atoms with van der Waals surface area (Å²) < 4.78 is 34.5. The Labute approximate surface area is 204 Å². The fourth-order valence-corrected chi connectivity index (χ4v) is 4.92. The summed E-state index contributed by atoms with van der Waals surface area (Å²) in [5.74, 6) is -0.699. The number of ether oxygens (including phenoxy) is 1. The smallest absolute Gasteiger partial charge is 0.266 e. The summed E-state index contributed by atoms with van der Waals surface area (Å²) in [6, 6.07) is 16.7. The van der Waals surface area contributed by atoms with Crippen molar-refractivity contribution in [3.63, 3.8) is 0 Å². The Morgan fingerprint density at radius 2 is 1.74 bits per heavy atom. The molecule has 1 fully saturated rings. The number of hydrogen-bond donors (Lipinski definition) is 0. The summed E-state index contributed by atoms with van der Waals surface area (Å²) in [5, 5.41) is 0.636. The average molecular weight is 494 g/mol. The number of nitrogens with zero attached hydrogens (tertiary/aromatic N) is 3. The third kappa shape index (κ3) is 4.82. The number of benzene rings is 3. The summed E-state index contributed by atoms with van der Waals surface area (Å²) in [4.78, 5) is 32.9. The number of hydrogen-bond acceptors (Lipinski definition) is 5. The van der Waals surface area contributed by atoms with E-state index in [-0.39, 0.29) is 23.0 Å². The highest BCUT2D eigenvalue weighted by Crippen LogP contribution is 2.26. The first kappa shape index (κ1) is 23.2. The highest BCUT2D eigenvalue weighted by Gasteiger charge is 2.21. The second kappa shape index (κ2) is 9.97. The number of aromatic nitrogens is 2. The van der Waals surface area contributed by atoms with Crippen LogP contribution in [0.15, 0.2) is 76.7 Å². The second-order valence-corrected chi connectivity index (χ2v) is 8.97. The molecule has 0 bridgehead atoms. The molecule has 1 aliphatic heterocycles. The third-order valence-electron chi connectivity index (χ3n) is 5.78. The van der Waals surface area contributed by atoms with E-state index in [1.54, 1.807) is 41.3 Å². The Morgan fingerprint density at radius 1 is 1.00 bits per heavy atom. The molecule has 0 N–H and O–H groups in total. The molecule has 5 rings (SSSR count). The average Bonchev–Trinajstić information content (AvgIpc) is 2.89. The molecular weight excluding hydrogens is 472 g/mol. The summed E-state index contributed by atoms with van der Waals surface area (Å²) in [6.45, 7) is 1.97. The van der Waals surface area contributed by atoms with E-state index in [0.29, 0.717) is 59.2 Å². The molecule has 0 aliphatic carbocycles. The van der Waals surface area contributed by atoms with Gasteiger partial charge in [-0.05, 0) is 54.1 Å². The normalized spacial score (nSPS) is 13.8. The van der Waals surface area contributed by atoms with Crippen LogP contribution in [0.2, 0.25) is 0 Å². The van der Waals surface area contributed by atoms with Crippen LogP contribution in [-0.4, -0.2) is 46.7 Å². The molecular formula is C26H21F2N3O3S. The molecule has 0 atom stereocenters. The Kier molecular flexibility index (Phi) is 6.61. The molecule has 0 unspecified atom stereocenters. The number of carbonyl (C=O) groups is 1. The maximum Gasteiger partial charge on any atom is 0.266 e. The van der Waals surface area contributed by atoms with Crippen LogP contribution in [0, 0.1) is 11.6 Å². The largest absolute Gasteiger partial charge is 0.378 e. The topological polar surface area (TPSA) is 64.4 Å². The van der Waals surface area contributed by atoms with Crippen molar-refractivity contribution in [2.24, 2.45) is 0 Å². The van der Waals surface area contributed by atoms with Crippen LogP contribution in [0.1, 0.15) is 15.9 Å². The van der Waals surface area contributed by atoms with Crippen LogP contribution in [-0.2, 0) is 10.5 Å². The first-order valence-corrected chi connectivity index (χ1v) is 12.1. The predicted molar refractivity (Wildman–Crippen MR) is 130 cm³/mol. The molecule has 4 aromatic rings. The zero-order valence-electron chi connectivity index (χ0n) is 18.6. The third-order valence-corrected chi connectivity index (χ3v) is 6.77. The van der Waals surface area contributed by atoms with Crippen molar-refractivity contribution in [2.45, 2.75) is 10.9 Å². The number of carbonyl (C=O) groups excluding carboxylic acids is 1. The molecule has 3 aromatic carbocycles. The van der Waals surface area contributed by atoms with E-state index in [0.717, 1.165) is 0 Å². The lowest BCUT2D eigenvalue weighted by molar-refractivity contribution is 0.0303. The molecule has 6 nitrogen and oxygen atoms in total. The van der Waals surface area contributed by atoms with E-state index in [1.165, 1.54) is 46.7 Å². The van der Waals surface area contributed by atoms with Crippen molar-refractivity contribution in [3.05, 3.63) is 99.8 Å². The van der Waals surface area contributed by atoms with Crippen LogP contribution in [0.5, 0.6) is 0 Å². The van der Waals surface area contributed by atoms with Crippen LogP contribution >= 0.6 is 11.8 Å². The maximum atomic E-state index is 14.2. The van der Waals surface area contributed by atoms with Crippen LogP contribution in [0.4, 0.5) is 8.78 Å². The van der Waals surface area contributed by atoms with Crippen LogP contribution < -0.4 is 5.56 Å². The number of morpholine rings is 1. The van der Waals surface area contributed by atoms with Gasteiger partial charge in [0.05, 0.1) is 29.8 Å². The standard InChI is InChI=1S/C26H21F2N3O3S/c27-19-6-8-20(9-7-19)31-25(33)21-10-5-17(24(32)30-11-13-34-14-12-30)15-23(21)29-26(31)35-16-18-3-1-2-4-22(18)28/h1-10,15H,11-14,16H2. The minimum absolute atomic E-state index is 0.153. The van der Waals surface area contributed by atoms with Crippen LogP contribution in [0.25, 0.3) is 16.6 Å². The van der Waals surface area contributed by atoms with Gasteiger partial charge < -0.3 is 9.64 Å². The number of amides is 1. The minimum atomic E-state index is -0.428. The molecule has 9 heteroatoms. The van der Waals surface area contributed by atoms with E-state index >= 15 is 0 Å². The van der Waals surface area contributed by atoms with Gasteiger partial charge in [0.15, 0.2) is 5.16 Å². The van der Waals surface area contributed by atoms with Gasteiger partial charge in [-0.2, -0.15) is 0 Å². The van der Waals surface area contributed by atoms with Crippen molar-refractivity contribution in [2.75, 3.05) is 26.3 Å². The van der Waals surface area contributed by atoms with Gasteiger partial charge in [-0.25, -0.2) is 13.8 Å². The molecule has 1 aromatic heterocycles. The van der Waals surface area contributed by atoms with Gasteiger partial charge in [-0.3, -0.25) is 14.2 Å². The van der Waals surface area contributed by atoms with Gasteiger partial charge in [-0.1, -0.05) is 30.0 Å². The van der Waals surface area contributed by atoms with E-state index in [1.807, 2.05) is 0 Å². The predicted octanol–water partition coefficient (Wildman–Crippen LogP) is 4.43. The fourth-order valence-electron chi connectivity index (χ4n) is 3.92. The van der Waals surface area contributed by atoms with Gasteiger partial charge in [0.1, 0.15) is 11.6 Å². The quantitative estimate of drug-likeness (QED) is 0.304. The van der Waals surface area contributed by atoms with E-state index in [4.69, 9.17) is 4.74 Å². The SMILES string of the molecule is O=C(c1ccc2c(=O)n(-c3ccc(F)cc3)c(SCc3ccccc3F)nc2c1)N1CCOCC1. The lowest BCUT2D eigenvalue weighted by Crippen LogP contribution is -2.40. The monoisotopic (exact) mass is 493 g/mol. The van der Waals surface area contributed by atoms with Crippen molar-refractivity contribution >= 4 is 28.6 Å². The van der Waals surface area contributed by atoms with Gasteiger partial charge in [0.2, 0.25) is 0 Å². The fraction of sp³-hybridized carbons (Fsp3) is 0.192. The molecule has 1 aliphatic rings. The Bertz CT molecular complexity index is 1450. The lowest BCUT2D eigenvalue weighted by Gasteiger charge is -2.26. The Balaban J connectivity index is 1.59. The highest BCUT2D eigenvalue weighted by atomic mass is 32.2. The van der Waals surface area contributed by atoms with Gasteiger partial charge in [-0.15, -0.1) is 0 Å². The van der Waals surface area contributed by atoms with E-state index in [9.17, 15) is 18.4 Å². The zero-order valence-corrected chi connectivity index (χ0v) is 19.4. The molecule has 1 amide bonds. The minimum Gasteiger partial charge on any atom is -0.378 e. The summed E-state index contributed by atoms with van der Waals surface area (Å²) in [6.07, 6.45) is 0. The zero-order chi connectivity index (χ0) is 24.4. The number of fused-ring (bicyclic) bond motifs is 1. The highest BCUT2D eigenvalue weighted by molar-refractivity contribution is 7.98. The molecule has 0 radical (unpaired) electrons. The molecule has 0 spiro atoms. The Hall–Kier alpha value is -3.56. The van der Waals surface area contributed by atoms with Crippen molar-refractivity contribution in [3.8, 4) is 5.69 Å². The maximum absolute atomic E-state index is 14.2. The second-order valence-electron chi connectivity index (χ2n) is 8.03. The van der Waals surface area contributed by atoms with Crippen molar-refractivity contribution in [1.82, 2.24) is 14.5 Å². The summed E-state index contributed by atoms with van der Waals surface area (Å²) in [7, 11) is 0. The molecule has 178 valence electrons. The first-order chi connectivity index (χ1) is 17.0. The molecule has 35 heavy (non-hydrogen) atoms. The van der Waals surface area contributed by atoms with Crippen molar-refractivity contribution < 1.29 is 18.3 Å². The van der Waals surface area contributed by atoms with E-state index < -0.39 is 5.82 Å². The summed E-state index contributed by atoms with van der Waals surface area (Å²) >= 11 is 1.19. The van der Waals surface area contributed by atoms with Gasteiger partial charge in [0.25, 0.3) is 11.5 Å². The van der Waals surface area contributed by atoms with E-state index in [2.05, 4.69) is 4.98 Å². The molecule has 2 heterocycles.